The number of rotatable bonds is 4. The van der Waals surface area contributed by atoms with Crippen LogP contribution in [0.5, 0.6) is 0 Å². The van der Waals surface area contributed by atoms with Gasteiger partial charge in [-0.15, -0.1) is 11.3 Å². The van der Waals surface area contributed by atoms with E-state index in [9.17, 15) is 4.79 Å². The Morgan fingerprint density at radius 3 is 2.58 bits per heavy atom. The summed E-state index contributed by atoms with van der Waals surface area (Å²) in [4.78, 5) is 23.8. The second-order valence-electron chi connectivity index (χ2n) is 5.65. The van der Waals surface area contributed by atoms with Gasteiger partial charge in [0, 0.05) is 16.0 Å². The van der Waals surface area contributed by atoms with Crippen molar-refractivity contribution in [2.24, 2.45) is 0 Å². The lowest BCUT2D eigenvalue weighted by atomic mass is 10.2. The zero-order valence-electron chi connectivity index (χ0n) is 14.1. The van der Waals surface area contributed by atoms with E-state index in [0.717, 1.165) is 26.8 Å². The smallest absolute Gasteiger partial charge is 0.237 e. The molecule has 0 radical (unpaired) electrons. The Bertz CT molecular complexity index is 890. The summed E-state index contributed by atoms with van der Waals surface area (Å²) in [6.07, 6.45) is 0. The first-order chi connectivity index (χ1) is 11.5. The maximum absolute atomic E-state index is 12.5. The molecule has 24 heavy (non-hydrogen) atoms. The predicted octanol–water partition coefficient (Wildman–Crippen LogP) is 4.74. The number of benzene rings is 1. The summed E-state index contributed by atoms with van der Waals surface area (Å²) >= 11 is 3.17. The van der Waals surface area contributed by atoms with Crippen molar-refractivity contribution >= 4 is 44.9 Å². The fourth-order valence-corrected chi connectivity index (χ4v) is 4.58. The number of fused-ring (bicyclic) bond motifs is 1. The Morgan fingerprint density at radius 2 is 1.88 bits per heavy atom. The highest BCUT2D eigenvalue weighted by molar-refractivity contribution is 8.00. The lowest BCUT2D eigenvalue weighted by Crippen LogP contribution is -2.22. The van der Waals surface area contributed by atoms with Gasteiger partial charge in [0.25, 0.3) is 0 Å². The summed E-state index contributed by atoms with van der Waals surface area (Å²) in [7, 11) is 0. The third-order valence-corrected chi connectivity index (χ3v) is 5.99. The summed E-state index contributed by atoms with van der Waals surface area (Å²) in [5.41, 5.74) is 2.01. The predicted molar refractivity (Wildman–Crippen MR) is 102 cm³/mol. The SMILES string of the molecule is Cc1nc(S[C@@H](C)C(=O)Nc2ccccc2)c2c(C)c(C)sc2n1. The lowest BCUT2D eigenvalue weighted by Gasteiger charge is -2.12. The van der Waals surface area contributed by atoms with Crippen molar-refractivity contribution in [3.05, 3.63) is 46.6 Å². The molecule has 0 unspecified atom stereocenters. The minimum atomic E-state index is -0.248. The zero-order chi connectivity index (χ0) is 17.3. The second kappa shape index (κ2) is 6.91. The molecular formula is C18H19N3OS2. The van der Waals surface area contributed by atoms with E-state index >= 15 is 0 Å². The number of thioether (sulfide) groups is 1. The molecule has 0 bridgehead atoms. The van der Waals surface area contributed by atoms with Crippen LogP contribution < -0.4 is 5.32 Å². The number of carbonyl (C=O) groups is 1. The van der Waals surface area contributed by atoms with Gasteiger partial charge in [-0.25, -0.2) is 9.97 Å². The average molecular weight is 358 g/mol. The molecule has 0 aliphatic rings. The van der Waals surface area contributed by atoms with E-state index in [0.29, 0.717) is 0 Å². The number of hydrogen-bond donors (Lipinski definition) is 1. The van der Waals surface area contributed by atoms with Gasteiger partial charge in [-0.2, -0.15) is 0 Å². The van der Waals surface area contributed by atoms with Gasteiger partial charge < -0.3 is 5.32 Å². The molecule has 124 valence electrons. The first-order valence-corrected chi connectivity index (χ1v) is 9.42. The van der Waals surface area contributed by atoms with E-state index in [2.05, 4.69) is 29.1 Å². The maximum Gasteiger partial charge on any atom is 0.237 e. The Morgan fingerprint density at radius 1 is 1.17 bits per heavy atom. The number of anilines is 1. The van der Waals surface area contributed by atoms with E-state index in [4.69, 9.17) is 0 Å². The van der Waals surface area contributed by atoms with Crippen molar-refractivity contribution in [3.63, 3.8) is 0 Å². The Hall–Kier alpha value is -1.92. The first kappa shape index (κ1) is 16.9. The normalized spacial score (nSPS) is 12.3. The number of aryl methyl sites for hydroxylation is 3. The van der Waals surface area contributed by atoms with Gasteiger partial charge in [0.1, 0.15) is 15.7 Å². The fourth-order valence-electron chi connectivity index (χ4n) is 2.39. The van der Waals surface area contributed by atoms with Crippen LogP contribution in [-0.2, 0) is 4.79 Å². The molecule has 0 aliphatic carbocycles. The van der Waals surface area contributed by atoms with E-state index in [-0.39, 0.29) is 11.2 Å². The van der Waals surface area contributed by atoms with Crippen LogP contribution in [0.25, 0.3) is 10.2 Å². The number of amides is 1. The zero-order valence-corrected chi connectivity index (χ0v) is 15.7. The second-order valence-corrected chi connectivity index (χ2v) is 8.19. The molecule has 3 aromatic rings. The van der Waals surface area contributed by atoms with Crippen molar-refractivity contribution < 1.29 is 4.79 Å². The topological polar surface area (TPSA) is 54.9 Å². The largest absolute Gasteiger partial charge is 0.325 e. The van der Waals surface area contributed by atoms with Crippen LogP contribution in [0.4, 0.5) is 5.69 Å². The van der Waals surface area contributed by atoms with E-state index in [1.807, 2.05) is 44.2 Å². The minimum Gasteiger partial charge on any atom is -0.325 e. The molecule has 1 amide bonds. The van der Waals surface area contributed by atoms with Gasteiger partial charge >= 0.3 is 0 Å². The summed E-state index contributed by atoms with van der Waals surface area (Å²) < 4.78 is 0. The van der Waals surface area contributed by atoms with Crippen molar-refractivity contribution in [2.75, 3.05) is 5.32 Å². The van der Waals surface area contributed by atoms with Gasteiger partial charge in [0.2, 0.25) is 5.91 Å². The van der Waals surface area contributed by atoms with Crippen LogP contribution >= 0.6 is 23.1 Å². The van der Waals surface area contributed by atoms with Crippen LogP contribution in [0.1, 0.15) is 23.2 Å². The number of para-hydroxylation sites is 1. The Kier molecular flexibility index (Phi) is 4.87. The van der Waals surface area contributed by atoms with Crippen LogP contribution in [0.3, 0.4) is 0 Å². The molecule has 0 aliphatic heterocycles. The molecule has 0 spiro atoms. The van der Waals surface area contributed by atoms with Crippen molar-refractivity contribution in [1.29, 1.82) is 0 Å². The molecule has 1 atom stereocenters. The minimum absolute atomic E-state index is 0.0276. The van der Waals surface area contributed by atoms with Crippen LogP contribution in [0, 0.1) is 20.8 Å². The number of aromatic nitrogens is 2. The molecule has 0 fully saturated rings. The van der Waals surface area contributed by atoms with E-state index in [1.165, 1.54) is 22.2 Å². The molecule has 0 saturated heterocycles. The molecule has 3 rings (SSSR count). The summed E-state index contributed by atoms with van der Waals surface area (Å²) in [5.74, 6) is 0.710. The molecular weight excluding hydrogens is 338 g/mol. The lowest BCUT2D eigenvalue weighted by molar-refractivity contribution is -0.115. The monoisotopic (exact) mass is 357 g/mol. The number of nitrogens with one attached hydrogen (secondary N) is 1. The first-order valence-electron chi connectivity index (χ1n) is 7.72. The highest BCUT2D eigenvalue weighted by Crippen LogP contribution is 2.36. The van der Waals surface area contributed by atoms with Crippen molar-refractivity contribution in [3.8, 4) is 0 Å². The van der Waals surface area contributed by atoms with Crippen molar-refractivity contribution in [1.82, 2.24) is 9.97 Å². The highest BCUT2D eigenvalue weighted by atomic mass is 32.2. The number of thiophene rings is 1. The quantitative estimate of drug-likeness (QED) is 0.541. The van der Waals surface area contributed by atoms with Crippen LogP contribution in [0.2, 0.25) is 0 Å². The number of nitrogens with zero attached hydrogens (tertiary/aromatic N) is 2. The fraction of sp³-hybridized carbons (Fsp3) is 0.278. The molecule has 1 aromatic carbocycles. The standard InChI is InChI=1S/C18H19N3OS2/c1-10-11(2)23-17-15(10)18(20-13(4)19-17)24-12(3)16(22)21-14-8-6-5-7-9-14/h5-9,12H,1-4H3,(H,21,22)/t12-/m0/s1. The van der Waals surface area contributed by atoms with E-state index < -0.39 is 0 Å². The van der Waals surface area contributed by atoms with Gasteiger partial charge in [0.15, 0.2) is 0 Å². The number of hydrogen-bond acceptors (Lipinski definition) is 5. The van der Waals surface area contributed by atoms with Gasteiger partial charge in [-0.3, -0.25) is 4.79 Å². The summed E-state index contributed by atoms with van der Waals surface area (Å²) in [6.45, 7) is 7.98. The summed E-state index contributed by atoms with van der Waals surface area (Å²) in [6, 6.07) is 9.50. The molecule has 2 heterocycles. The summed E-state index contributed by atoms with van der Waals surface area (Å²) in [5, 5.41) is 4.66. The molecule has 6 heteroatoms. The Balaban J connectivity index is 1.85. The maximum atomic E-state index is 12.5. The third kappa shape index (κ3) is 3.44. The number of carbonyl (C=O) groups excluding carboxylic acids is 1. The van der Waals surface area contributed by atoms with Gasteiger partial charge in [-0.05, 0) is 45.4 Å². The van der Waals surface area contributed by atoms with Crippen LogP contribution in [-0.4, -0.2) is 21.1 Å². The highest BCUT2D eigenvalue weighted by Gasteiger charge is 2.20. The molecule has 0 saturated carbocycles. The van der Waals surface area contributed by atoms with Crippen molar-refractivity contribution in [2.45, 2.75) is 38.0 Å². The average Bonchev–Trinajstić information content (AvgIpc) is 2.82. The third-order valence-electron chi connectivity index (χ3n) is 3.81. The van der Waals surface area contributed by atoms with Crippen LogP contribution in [0.15, 0.2) is 35.4 Å². The Labute approximate surface area is 149 Å². The van der Waals surface area contributed by atoms with Gasteiger partial charge in [-0.1, -0.05) is 30.0 Å². The molecule has 2 aromatic heterocycles. The van der Waals surface area contributed by atoms with Gasteiger partial charge in [0.05, 0.1) is 5.25 Å². The molecule has 4 nitrogen and oxygen atoms in total. The molecule has 1 N–H and O–H groups in total. The van der Waals surface area contributed by atoms with E-state index in [1.54, 1.807) is 11.3 Å².